The third-order valence-corrected chi connectivity index (χ3v) is 8.87. The number of fused-ring (bicyclic) bond motifs is 4. The Balaban J connectivity index is 1.45. The van der Waals surface area contributed by atoms with Crippen LogP contribution in [0.25, 0.3) is 31.6 Å². The Morgan fingerprint density at radius 3 is 2.27 bits per heavy atom. The molecule has 0 aliphatic rings. The van der Waals surface area contributed by atoms with Gasteiger partial charge in [0.15, 0.2) is 0 Å². The minimum atomic E-state index is 0.0197. The molecular weight excluding hydrogens is 496 g/mol. The average molecular weight is 529 g/mol. The van der Waals surface area contributed by atoms with Crippen molar-refractivity contribution < 1.29 is 4.79 Å². The maximum atomic E-state index is 14.0. The van der Waals surface area contributed by atoms with Gasteiger partial charge in [0.2, 0.25) is 0 Å². The summed E-state index contributed by atoms with van der Waals surface area (Å²) in [4.78, 5) is 19.1. The minimum absolute atomic E-state index is 0.0197. The van der Waals surface area contributed by atoms with Crippen molar-refractivity contribution >= 4 is 60.5 Å². The van der Waals surface area contributed by atoms with Crippen LogP contribution in [0.4, 0.5) is 0 Å². The normalized spacial score (nSPS) is 11.7. The first-order valence-corrected chi connectivity index (χ1v) is 14.4. The van der Waals surface area contributed by atoms with Crippen LogP contribution < -0.4 is 0 Å². The first kappa shape index (κ1) is 25.7. The third-order valence-electron chi connectivity index (χ3n) is 7.24. The molecule has 0 spiro atoms. The summed E-state index contributed by atoms with van der Waals surface area (Å²) >= 11 is 8.46. The van der Waals surface area contributed by atoms with Crippen molar-refractivity contribution in [2.75, 3.05) is 26.2 Å². The summed E-state index contributed by atoms with van der Waals surface area (Å²) in [5.74, 6) is 0.0197. The lowest BCUT2D eigenvalue weighted by Gasteiger charge is -2.24. The quantitative estimate of drug-likeness (QED) is 0.169. The predicted molar refractivity (Wildman–Crippen MR) is 160 cm³/mol. The fourth-order valence-electron chi connectivity index (χ4n) is 5.10. The van der Waals surface area contributed by atoms with Crippen LogP contribution in [0.5, 0.6) is 0 Å². The number of rotatable bonds is 10. The minimum Gasteiger partial charge on any atom is -0.334 e. The number of benzene rings is 4. The molecule has 0 atom stereocenters. The van der Waals surface area contributed by atoms with Gasteiger partial charge in [0, 0.05) is 23.2 Å². The number of nitrogens with zero attached hydrogens (tertiary/aromatic N) is 2. The van der Waals surface area contributed by atoms with Crippen molar-refractivity contribution in [3.63, 3.8) is 0 Å². The van der Waals surface area contributed by atoms with Crippen molar-refractivity contribution in [1.29, 1.82) is 0 Å². The van der Waals surface area contributed by atoms with Crippen molar-refractivity contribution in [3.8, 4) is 0 Å². The molecule has 5 rings (SSSR count). The van der Waals surface area contributed by atoms with Crippen LogP contribution in [0.2, 0.25) is 5.02 Å². The van der Waals surface area contributed by atoms with Gasteiger partial charge in [-0.3, -0.25) is 4.79 Å². The maximum Gasteiger partial charge on any atom is 0.265 e. The molecule has 0 unspecified atom stereocenters. The van der Waals surface area contributed by atoms with Gasteiger partial charge in [0.05, 0.1) is 5.02 Å². The number of carbonyl (C=O) groups is 1. The highest BCUT2D eigenvalue weighted by molar-refractivity contribution is 7.21. The first-order chi connectivity index (χ1) is 18.1. The molecule has 0 saturated carbocycles. The topological polar surface area (TPSA) is 23.6 Å². The molecule has 190 valence electrons. The largest absolute Gasteiger partial charge is 0.334 e. The highest BCUT2D eigenvalue weighted by Gasteiger charge is 2.24. The zero-order chi connectivity index (χ0) is 25.8. The number of halogens is 1. The summed E-state index contributed by atoms with van der Waals surface area (Å²) in [5, 5.41) is 6.20. The second-order valence-electron chi connectivity index (χ2n) is 9.55. The van der Waals surface area contributed by atoms with Crippen molar-refractivity contribution in [1.82, 2.24) is 9.80 Å². The highest BCUT2D eigenvalue weighted by Crippen LogP contribution is 2.40. The van der Waals surface area contributed by atoms with Crippen LogP contribution in [0.15, 0.2) is 78.9 Å². The van der Waals surface area contributed by atoms with Crippen LogP contribution in [0.3, 0.4) is 0 Å². The number of unbranched alkanes of at least 4 members (excludes halogenated alkanes) is 1. The fraction of sp³-hybridized carbons (Fsp3) is 0.281. The number of hydrogen-bond acceptors (Lipinski definition) is 3. The van der Waals surface area contributed by atoms with E-state index < -0.39 is 0 Å². The molecule has 1 heterocycles. The lowest BCUT2D eigenvalue weighted by molar-refractivity contribution is 0.0744. The Labute approximate surface area is 228 Å². The Bertz CT molecular complexity index is 1540. The molecule has 0 bridgehead atoms. The van der Waals surface area contributed by atoms with Gasteiger partial charge in [0.1, 0.15) is 4.88 Å². The number of amides is 1. The van der Waals surface area contributed by atoms with E-state index in [1.54, 1.807) is 0 Å². The molecule has 37 heavy (non-hydrogen) atoms. The molecule has 0 aliphatic heterocycles. The molecule has 1 aromatic heterocycles. The summed E-state index contributed by atoms with van der Waals surface area (Å²) in [5.41, 5.74) is 1.14. The number of carbonyl (C=O) groups excluding carboxylic acids is 1. The molecule has 0 aliphatic carbocycles. The molecule has 5 aromatic rings. The van der Waals surface area contributed by atoms with Crippen LogP contribution in [-0.2, 0) is 6.54 Å². The Morgan fingerprint density at radius 1 is 0.811 bits per heavy atom. The molecule has 5 heteroatoms. The second-order valence-corrected chi connectivity index (χ2v) is 11.0. The summed E-state index contributed by atoms with van der Waals surface area (Å²) in [6.45, 7) is 8.85. The standard InChI is InChI=1S/C32H33ClN2OS/c1-3-34(4-2)19-9-10-20-35(22-23-15-16-24-11-5-6-13-26(24)21-23)32(36)31-30(33)29-27-14-8-7-12-25(27)17-18-28(29)37-31/h5-8,11-18,21H,3-4,9-10,19-20,22H2,1-2H3. The van der Waals surface area contributed by atoms with E-state index in [0.717, 1.165) is 58.9 Å². The van der Waals surface area contributed by atoms with Crippen LogP contribution in [0.1, 0.15) is 41.9 Å². The van der Waals surface area contributed by atoms with Crippen LogP contribution >= 0.6 is 22.9 Å². The van der Waals surface area contributed by atoms with Gasteiger partial charge < -0.3 is 9.80 Å². The average Bonchev–Trinajstić information content (AvgIpc) is 3.28. The van der Waals surface area contributed by atoms with Gasteiger partial charge in [-0.25, -0.2) is 0 Å². The van der Waals surface area contributed by atoms with Crippen molar-refractivity contribution in [2.45, 2.75) is 33.2 Å². The van der Waals surface area contributed by atoms with Crippen LogP contribution in [0, 0.1) is 0 Å². The molecule has 0 saturated heterocycles. The monoisotopic (exact) mass is 528 g/mol. The SMILES string of the molecule is CCN(CC)CCCCN(Cc1ccc2ccccc2c1)C(=O)c1sc2ccc3ccccc3c2c1Cl. The summed E-state index contributed by atoms with van der Waals surface area (Å²) < 4.78 is 1.05. The van der Waals surface area contributed by atoms with Gasteiger partial charge in [-0.1, -0.05) is 92.2 Å². The summed E-state index contributed by atoms with van der Waals surface area (Å²) in [7, 11) is 0. The Morgan fingerprint density at radius 2 is 1.49 bits per heavy atom. The molecular formula is C32H33ClN2OS. The van der Waals surface area contributed by atoms with E-state index in [4.69, 9.17) is 11.6 Å². The van der Waals surface area contributed by atoms with Crippen LogP contribution in [-0.4, -0.2) is 41.9 Å². The summed E-state index contributed by atoms with van der Waals surface area (Å²) in [6, 6.07) is 27.3. The van der Waals surface area contributed by atoms with E-state index >= 15 is 0 Å². The van der Waals surface area contributed by atoms with E-state index in [2.05, 4.69) is 85.5 Å². The van der Waals surface area contributed by atoms with E-state index in [9.17, 15) is 4.79 Å². The smallest absolute Gasteiger partial charge is 0.265 e. The van der Waals surface area contributed by atoms with Crippen molar-refractivity contribution in [3.05, 3.63) is 94.3 Å². The Kier molecular flexibility index (Phi) is 8.09. The van der Waals surface area contributed by atoms with Crippen molar-refractivity contribution in [2.24, 2.45) is 0 Å². The fourth-order valence-corrected chi connectivity index (χ4v) is 6.63. The zero-order valence-electron chi connectivity index (χ0n) is 21.5. The molecule has 0 radical (unpaired) electrons. The molecule has 0 fully saturated rings. The molecule has 1 amide bonds. The number of thiophene rings is 1. The first-order valence-electron chi connectivity index (χ1n) is 13.2. The van der Waals surface area contributed by atoms with Gasteiger partial charge in [-0.2, -0.15) is 0 Å². The summed E-state index contributed by atoms with van der Waals surface area (Å²) in [6.07, 6.45) is 2.02. The molecule has 0 N–H and O–H groups in total. The Hall–Kier alpha value is -2.92. The number of hydrogen-bond donors (Lipinski definition) is 0. The van der Waals surface area contributed by atoms with Gasteiger partial charge in [-0.05, 0) is 71.7 Å². The van der Waals surface area contributed by atoms with E-state index in [0.29, 0.717) is 23.0 Å². The maximum absolute atomic E-state index is 14.0. The molecule has 3 nitrogen and oxygen atoms in total. The lowest BCUT2D eigenvalue weighted by atomic mass is 10.1. The second kappa shape index (κ2) is 11.6. The predicted octanol–water partition coefficient (Wildman–Crippen LogP) is 8.63. The van der Waals surface area contributed by atoms with Gasteiger partial charge in [-0.15, -0.1) is 11.3 Å². The zero-order valence-corrected chi connectivity index (χ0v) is 23.1. The van der Waals surface area contributed by atoms with E-state index in [1.165, 1.54) is 22.1 Å². The highest BCUT2D eigenvalue weighted by atomic mass is 35.5. The van der Waals surface area contributed by atoms with E-state index in [-0.39, 0.29) is 5.91 Å². The van der Waals surface area contributed by atoms with Gasteiger partial charge in [0.25, 0.3) is 5.91 Å². The lowest BCUT2D eigenvalue weighted by Crippen LogP contribution is -2.32. The van der Waals surface area contributed by atoms with Gasteiger partial charge >= 0.3 is 0 Å². The molecule has 4 aromatic carbocycles. The third kappa shape index (κ3) is 5.52. The van der Waals surface area contributed by atoms with E-state index in [1.807, 2.05) is 17.0 Å².